The fourth-order valence-corrected chi connectivity index (χ4v) is 3.40. The maximum Gasteiger partial charge on any atom is 0.245 e. The van der Waals surface area contributed by atoms with Crippen LogP contribution in [0, 0.1) is 5.82 Å². The summed E-state index contributed by atoms with van der Waals surface area (Å²) in [5.74, 6) is -0.0344. The topological polar surface area (TPSA) is 81.4 Å². The van der Waals surface area contributed by atoms with Gasteiger partial charge in [0.15, 0.2) is 0 Å². The molecule has 0 bridgehead atoms. The second kappa shape index (κ2) is 6.94. The van der Waals surface area contributed by atoms with Gasteiger partial charge in [-0.15, -0.1) is 0 Å². The summed E-state index contributed by atoms with van der Waals surface area (Å²) in [6, 6.07) is 12.3. The molecule has 0 atom stereocenters. The molecular weight excluding hydrogens is 347 g/mol. The summed E-state index contributed by atoms with van der Waals surface area (Å²) >= 11 is 0. The fraction of sp³-hybridized carbons (Fsp3) is 0.118. The highest BCUT2D eigenvalue weighted by atomic mass is 32.2. The van der Waals surface area contributed by atoms with Gasteiger partial charge in [-0.3, -0.25) is 4.72 Å². The number of rotatable bonds is 6. The van der Waals surface area contributed by atoms with E-state index in [0.717, 1.165) is 5.56 Å². The maximum atomic E-state index is 12.9. The number of hydrogen-bond acceptors (Lipinski definition) is 5. The maximum absolute atomic E-state index is 12.9. The predicted octanol–water partition coefficient (Wildman–Crippen LogP) is 3.43. The molecule has 25 heavy (non-hydrogen) atoms. The lowest BCUT2D eigenvalue weighted by molar-refractivity contribution is 0.415. The Hall–Kier alpha value is -2.87. The van der Waals surface area contributed by atoms with Crippen molar-refractivity contribution < 1.29 is 22.1 Å². The first kappa shape index (κ1) is 17.0. The summed E-state index contributed by atoms with van der Waals surface area (Å²) in [5.41, 5.74) is 1.69. The van der Waals surface area contributed by atoms with Gasteiger partial charge in [0, 0.05) is 0 Å². The van der Waals surface area contributed by atoms with Gasteiger partial charge < -0.3 is 9.26 Å². The second-order valence-electron chi connectivity index (χ2n) is 5.28. The quantitative estimate of drug-likeness (QED) is 0.726. The first-order valence-corrected chi connectivity index (χ1v) is 8.96. The van der Waals surface area contributed by atoms with E-state index < -0.39 is 15.8 Å². The number of hydrogen-bond donors (Lipinski definition) is 1. The molecular formula is C17H15FN2O4S. The van der Waals surface area contributed by atoms with Crippen LogP contribution < -0.4 is 9.46 Å². The van der Waals surface area contributed by atoms with Gasteiger partial charge in [-0.25, -0.2) is 12.8 Å². The molecule has 1 aromatic heterocycles. The van der Waals surface area contributed by atoms with Gasteiger partial charge in [0.05, 0.1) is 24.6 Å². The fourth-order valence-electron chi connectivity index (χ4n) is 2.27. The Morgan fingerprint density at radius 1 is 1.12 bits per heavy atom. The van der Waals surface area contributed by atoms with Crippen LogP contribution in [0.1, 0.15) is 5.56 Å². The summed E-state index contributed by atoms with van der Waals surface area (Å²) in [7, 11) is -2.19. The lowest BCUT2D eigenvalue weighted by Gasteiger charge is -2.07. The van der Waals surface area contributed by atoms with E-state index in [1.54, 1.807) is 31.4 Å². The molecule has 0 radical (unpaired) electrons. The largest absolute Gasteiger partial charge is 0.497 e. The number of methoxy groups -OCH3 is 1. The van der Waals surface area contributed by atoms with E-state index in [-0.39, 0.29) is 11.6 Å². The van der Waals surface area contributed by atoms with Crippen molar-refractivity contribution in [3.8, 4) is 16.9 Å². The normalized spacial score (nSPS) is 11.3. The van der Waals surface area contributed by atoms with E-state index in [2.05, 4.69) is 9.88 Å². The first-order chi connectivity index (χ1) is 12.0. The third-order valence-corrected chi connectivity index (χ3v) is 4.70. The summed E-state index contributed by atoms with van der Waals surface area (Å²) in [6.45, 7) is 0. The first-order valence-electron chi connectivity index (χ1n) is 7.31. The monoisotopic (exact) mass is 362 g/mol. The van der Waals surface area contributed by atoms with Gasteiger partial charge in [0.2, 0.25) is 15.9 Å². The van der Waals surface area contributed by atoms with E-state index in [9.17, 15) is 12.8 Å². The smallest absolute Gasteiger partial charge is 0.245 e. The average molecular weight is 362 g/mol. The molecule has 0 aliphatic carbocycles. The Kier molecular flexibility index (Phi) is 4.71. The van der Waals surface area contributed by atoms with Gasteiger partial charge in [-0.1, -0.05) is 29.4 Å². The number of benzene rings is 2. The van der Waals surface area contributed by atoms with Crippen molar-refractivity contribution in [3.05, 3.63) is 66.1 Å². The molecule has 0 saturated carbocycles. The summed E-state index contributed by atoms with van der Waals surface area (Å²) in [6.07, 6.45) is 1.43. The molecule has 0 aliphatic heterocycles. The van der Waals surface area contributed by atoms with E-state index in [1.807, 2.05) is 0 Å². The molecule has 0 aliphatic rings. The van der Waals surface area contributed by atoms with Crippen molar-refractivity contribution in [1.29, 1.82) is 0 Å². The lowest BCUT2D eigenvalue weighted by atomic mass is 10.1. The van der Waals surface area contributed by atoms with Crippen molar-refractivity contribution >= 4 is 15.9 Å². The molecule has 0 fully saturated rings. The van der Waals surface area contributed by atoms with Crippen LogP contribution >= 0.6 is 0 Å². The Morgan fingerprint density at radius 2 is 1.80 bits per heavy atom. The zero-order valence-corrected chi connectivity index (χ0v) is 14.1. The molecule has 2 aromatic carbocycles. The number of ether oxygens (including phenoxy) is 1. The summed E-state index contributed by atoms with van der Waals surface area (Å²) < 4.78 is 50.1. The third-order valence-electron chi connectivity index (χ3n) is 3.49. The molecule has 130 valence electrons. The molecule has 0 amide bonds. The van der Waals surface area contributed by atoms with Crippen LogP contribution in [0.3, 0.4) is 0 Å². The number of aromatic nitrogens is 1. The number of halogens is 1. The Bertz CT molecular complexity index is 951. The van der Waals surface area contributed by atoms with Crippen LogP contribution in [0.4, 0.5) is 10.3 Å². The van der Waals surface area contributed by atoms with E-state index >= 15 is 0 Å². The molecule has 1 heterocycles. The van der Waals surface area contributed by atoms with E-state index in [0.29, 0.717) is 16.9 Å². The molecule has 3 aromatic rings. The minimum Gasteiger partial charge on any atom is -0.497 e. The minimum atomic E-state index is -3.74. The van der Waals surface area contributed by atoms with Crippen LogP contribution in [-0.4, -0.2) is 20.7 Å². The number of sulfonamides is 1. The number of nitrogens with one attached hydrogen (secondary N) is 1. The lowest BCUT2D eigenvalue weighted by Crippen LogP contribution is -2.15. The van der Waals surface area contributed by atoms with E-state index in [1.165, 1.54) is 30.5 Å². The second-order valence-corrected chi connectivity index (χ2v) is 7.01. The summed E-state index contributed by atoms with van der Waals surface area (Å²) in [4.78, 5) is 0. The van der Waals surface area contributed by atoms with Crippen molar-refractivity contribution in [2.24, 2.45) is 0 Å². The van der Waals surface area contributed by atoms with Gasteiger partial charge in [-0.05, 0) is 35.4 Å². The number of anilines is 1. The number of nitrogens with zero attached hydrogens (tertiary/aromatic N) is 1. The SMILES string of the molecule is COc1ccc(-c2cnoc2NS(=O)(=O)Cc2ccc(F)cc2)cc1. The van der Waals surface area contributed by atoms with Crippen molar-refractivity contribution in [2.45, 2.75) is 5.75 Å². The van der Waals surface area contributed by atoms with Crippen molar-refractivity contribution in [1.82, 2.24) is 5.16 Å². The average Bonchev–Trinajstić information content (AvgIpc) is 3.04. The Labute approximate surface area is 144 Å². The van der Waals surface area contributed by atoms with Gasteiger partial charge in [0.1, 0.15) is 11.6 Å². The van der Waals surface area contributed by atoms with Gasteiger partial charge in [-0.2, -0.15) is 0 Å². The predicted molar refractivity (Wildman–Crippen MR) is 91.1 cm³/mol. The standard InChI is InChI=1S/C17H15FN2O4S/c1-23-15-8-4-13(5-9-15)16-10-19-24-17(16)20-25(21,22)11-12-2-6-14(18)7-3-12/h2-10,20H,11H2,1H3. The van der Waals surface area contributed by atoms with Crippen LogP contribution in [0.2, 0.25) is 0 Å². The highest BCUT2D eigenvalue weighted by Crippen LogP contribution is 2.30. The van der Waals surface area contributed by atoms with Crippen LogP contribution in [0.5, 0.6) is 5.75 Å². The van der Waals surface area contributed by atoms with Gasteiger partial charge in [0.25, 0.3) is 0 Å². The molecule has 3 rings (SSSR count). The third kappa shape index (κ3) is 4.16. The van der Waals surface area contributed by atoms with Crippen molar-refractivity contribution in [3.63, 3.8) is 0 Å². The molecule has 1 N–H and O–H groups in total. The Morgan fingerprint density at radius 3 is 2.44 bits per heavy atom. The van der Waals surface area contributed by atoms with Crippen molar-refractivity contribution in [2.75, 3.05) is 11.8 Å². The van der Waals surface area contributed by atoms with E-state index in [4.69, 9.17) is 9.26 Å². The highest BCUT2D eigenvalue weighted by molar-refractivity contribution is 7.91. The molecule has 8 heteroatoms. The highest BCUT2D eigenvalue weighted by Gasteiger charge is 2.18. The minimum absolute atomic E-state index is 0.0206. The molecule has 0 spiro atoms. The zero-order chi connectivity index (χ0) is 17.9. The molecule has 0 saturated heterocycles. The zero-order valence-electron chi connectivity index (χ0n) is 13.3. The van der Waals surface area contributed by atoms with Gasteiger partial charge >= 0.3 is 0 Å². The molecule has 0 unspecified atom stereocenters. The Balaban J connectivity index is 1.80. The van der Waals surface area contributed by atoms with Crippen LogP contribution in [0.15, 0.2) is 59.3 Å². The summed E-state index contributed by atoms with van der Waals surface area (Å²) in [5, 5.41) is 3.66. The van der Waals surface area contributed by atoms with Crippen LogP contribution in [-0.2, 0) is 15.8 Å². The van der Waals surface area contributed by atoms with Crippen LogP contribution in [0.25, 0.3) is 11.1 Å². The molecule has 6 nitrogen and oxygen atoms in total.